The van der Waals surface area contributed by atoms with E-state index in [1.165, 1.54) is 32.1 Å². The first-order chi connectivity index (χ1) is 7.34. The largest absolute Gasteiger partial charge is 0.299 e. The Balaban J connectivity index is 2.04. The van der Waals surface area contributed by atoms with Gasteiger partial charge >= 0.3 is 0 Å². The molecule has 1 aliphatic rings. The van der Waals surface area contributed by atoms with Crippen molar-refractivity contribution in [3.8, 4) is 0 Å². The zero-order valence-electron chi connectivity index (χ0n) is 9.84. The molecule has 1 heteroatoms. The van der Waals surface area contributed by atoms with Crippen LogP contribution in [0.2, 0.25) is 0 Å². The highest BCUT2D eigenvalue weighted by atomic mass is 16.1. The summed E-state index contributed by atoms with van der Waals surface area (Å²) in [6, 6.07) is 0. The summed E-state index contributed by atoms with van der Waals surface area (Å²) in [5.74, 6) is 0.950. The molecule has 0 amide bonds. The van der Waals surface area contributed by atoms with Crippen LogP contribution in [-0.2, 0) is 4.79 Å². The van der Waals surface area contributed by atoms with Crippen molar-refractivity contribution in [1.82, 2.24) is 0 Å². The molecular formula is C14H24O. The Labute approximate surface area is 93.9 Å². The van der Waals surface area contributed by atoms with Gasteiger partial charge in [-0.15, -0.1) is 6.58 Å². The Morgan fingerprint density at radius 2 is 1.87 bits per heavy atom. The lowest BCUT2D eigenvalue weighted by Gasteiger charge is -2.20. The summed E-state index contributed by atoms with van der Waals surface area (Å²) in [6.07, 6.45) is 13.5. The fraction of sp³-hybridized carbons (Fsp3) is 0.786. The van der Waals surface area contributed by atoms with Crippen LogP contribution in [0.1, 0.15) is 64.2 Å². The van der Waals surface area contributed by atoms with Crippen LogP contribution >= 0.6 is 0 Å². The van der Waals surface area contributed by atoms with Gasteiger partial charge in [0.1, 0.15) is 5.78 Å². The lowest BCUT2D eigenvalue weighted by Crippen LogP contribution is -2.17. The van der Waals surface area contributed by atoms with Gasteiger partial charge in [0.2, 0.25) is 0 Å². The van der Waals surface area contributed by atoms with Crippen molar-refractivity contribution in [1.29, 1.82) is 0 Å². The maximum Gasteiger partial charge on any atom is 0.135 e. The van der Waals surface area contributed by atoms with Crippen LogP contribution in [0.3, 0.4) is 0 Å². The van der Waals surface area contributed by atoms with E-state index in [1.54, 1.807) is 0 Å². The van der Waals surface area contributed by atoms with Crippen LogP contribution in [0.5, 0.6) is 0 Å². The maximum atomic E-state index is 11.8. The molecule has 86 valence electrons. The second-order valence-electron chi connectivity index (χ2n) is 4.69. The van der Waals surface area contributed by atoms with Gasteiger partial charge in [0.15, 0.2) is 0 Å². The van der Waals surface area contributed by atoms with Gasteiger partial charge in [0.25, 0.3) is 0 Å². The fourth-order valence-electron chi connectivity index (χ4n) is 2.39. The lowest BCUT2D eigenvalue weighted by atomic mass is 9.84. The van der Waals surface area contributed by atoms with Crippen molar-refractivity contribution in [3.05, 3.63) is 12.7 Å². The van der Waals surface area contributed by atoms with Gasteiger partial charge in [0.05, 0.1) is 0 Å². The number of unbranched alkanes of at least 4 members (excludes halogenated alkanes) is 3. The molecule has 0 unspecified atom stereocenters. The standard InChI is InChI=1S/C14H24O/c1-2-3-4-5-9-12-14(15)13-10-7-6-8-11-13/h2,13H,1,3-12H2. The van der Waals surface area contributed by atoms with E-state index < -0.39 is 0 Å². The molecule has 1 aliphatic carbocycles. The van der Waals surface area contributed by atoms with E-state index in [1.807, 2.05) is 6.08 Å². The Kier molecular flexibility index (Phi) is 6.38. The number of Topliss-reactive ketones (excluding diaryl/α,β-unsaturated/α-hetero) is 1. The Morgan fingerprint density at radius 3 is 2.53 bits per heavy atom. The molecule has 1 rings (SSSR count). The molecule has 0 aromatic rings. The monoisotopic (exact) mass is 208 g/mol. The molecule has 0 atom stereocenters. The Morgan fingerprint density at radius 1 is 1.13 bits per heavy atom. The van der Waals surface area contributed by atoms with Crippen LogP contribution in [0.15, 0.2) is 12.7 Å². The molecule has 1 nitrogen and oxygen atoms in total. The summed E-state index contributed by atoms with van der Waals surface area (Å²) < 4.78 is 0. The molecule has 15 heavy (non-hydrogen) atoms. The van der Waals surface area contributed by atoms with Crippen molar-refractivity contribution >= 4 is 5.78 Å². The third kappa shape index (κ3) is 5.15. The number of carbonyl (C=O) groups excluding carboxylic acids is 1. The van der Waals surface area contributed by atoms with Crippen LogP contribution in [-0.4, -0.2) is 5.78 Å². The van der Waals surface area contributed by atoms with Gasteiger partial charge in [0, 0.05) is 12.3 Å². The van der Waals surface area contributed by atoms with Gasteiger partial charge < -0.3 is 0 Å². The van der Waals surface area contributed by atoms with Crippen LogP contribution in [0.25, 0.3) is 0 Å². The summed E-state index contributed by atoms with van der Waals surface area (Å²) in [5, 5.41) is 0. The first-order valence-corrected chi connectivity index (χ1v) is 6.48. The summed E-state index contributed by atoms with van der Waals surface area (Å²) in [7, 11) is 0. The summed E-state index contributed by atoms with van der Waals surface area (Å²) in [5.41, 5.74) is 0. The molecule has 0 N–H and O–H groups in total. The molecule has 0 heterocycles. The third-order valence-corrected chi connectivity index (χ3v) is 3.39. The van der Waals surface area contributed by atoms with Crippen LogP contribution < -0.4 is 0 Å². The predicted octanol–water partition coefficient (Wildman–Crippen LogP) is 4.27. The zero-order valence-corrected chi connectivity index (χ0v) is 9.84. The molecule has 0 aromatic heterocycles. The van der Waals surface area contributed by atoms with Crippen molar-refractivity contribution in [2.75, 3.05) is 0 Å². The molecular weight excluding hydrogens is 184 g/mol. The average molecular weight is 208 g/mol. The molecule has 0 bridgehead atoms. The number of allylic oxidation sites excluding steroid dienone is 1. The van der Waals surface area contributed by atoms with E-state index in [0.717, 1.165) is 32.1 Å². The fourth-order valence-corrected chi connectivity index (χ4v) is 2.39. The summed E-state index contributed by atoms with van der Waals surface area (Å²) in [4.78, 5) is 11.8. The van der Waals surface area contributed by atoms with E-state index in [2.05, 4.69) is 6.58 Å². The van der Waals surface area contributed by atoms with Crippen LogP contribution in [0.4, 0.5) is 0 Å². The van der Waals surface area contributed by atoms with Gasteiger partial charge in [-0.05, 0) is 32.1 Å². The molecule has 1 fully saturated rings. The van der Waals surface area contributed by atoms with E-state index in [4.69, 9.17) is 0 Å². The molecule has 0 saturated heterocycles. The second kappa shape index (κ2) is 7.67. The van der Waals surface area contributed by atoms with Crippen molar-refractivity contribution in [2.45, 2.75) is 64.2 Å². The normalized spacial score (nSPS) is 17.6. The molecule has 0 aliphatic heterocycles. The van der Waals surface area contributed by atoms with E-state index >= 15 is 0 Å². The Hall–Kier alpha value is -0.590. The van der Waals surface area contributed by atoms with E-state index in [0.29, 0.717) is 11.7 Å². The SMILES string of the molecule is C=CCCCCCC(=O)C1CCCCC1. The predicted molar refractivity (Wildman–Crippen MR) is 64.9 cm³/mol. The molecule has 0 aromatic carbocycles. The van der Waals surface area contributed by atoms with Gasteiger partial charge in [-0.1, -0.05) is 31.8 Å². The number of hydrogen-bond donors (Lipinski definition) is 0. The topological polar surface area (TPSA) is 17.1 Å². The second-order valence-corrected chi connectivity index (χ2v) is 4.69. The Bertz CT molecular complexity index is 190. The van der Waals surface area contributed by atoms with Gasteiger partial charge in [-0.3, -0.25) is 4.79 Å². The van der Waals surface area contributed by atoms with E-state index in [9.17, 15) is 4.79 Å². The highest BCUT2D eigenvalue weighted by Crippen LogP contribution is 2.25. The van der Waals surface area contributed by atoms with Crippen LogP contribution in [0, 0.1) is 5.92 Å². The lowest BCUT2D eigenvalue weighted by molar-refractivity contribution is -0.123. The van der Waals surface area contributed by atoms with E-state index in [-0.39, 0.29) is 0 Å². The van der Waals surface area contributed by atoms with Crippen molar-refractivity contribution < 1.29 is 4.79 Å². The first kappa shape index (κ1) is 12.5. The number of ketones is 1. The highest BCUT2D eigenvalue weighted by molar-refractivity contribution is 5.80. The number of rotatable bonds is 7. The average Bonchev–Trinajstić information content (AvgIpc) is 2.30. The summed E-state index contributed by atoms with van der Waals surface area (Å²) >= 11 is 0. The van der Waals surface area contributed by atoms with Crippen molar-refractivity contribution in [2.24, 2.45) is 5.92 Å². The van der Waals surface area contributed by atoms with Crippen molar-refractivity contribution in [3.63, 3.8) is 0 Å². The van der Waals surface area contributed by atoms with Gasteiger partial charge in [-0.2, -0.15) is 0 Å². The minimum absolute atomic E-state index is 0.415. The quantitative estimate of drug-likeness (QED) is 0.451. The number of hydrogen-bond acceptors (Lipinski definition) is 1. The first-order valence-electron chi connectivity index (χ1n) is 6.48. The smallest absolute Gasteiger partial charge is 0.135 e. The zero-order chi connectivity index (χ0) is 10.9. The molecule has 0 radical (unpaired) electrons. The maximum absolute atomic E-state index is 11.8. The molecule has 0 spiro atoms. The summed E-state index contributed by atoms with van der Waals surface area (Å²) in [6.45, 7) is 3.70. The number of carbonyl (C=O) groups is 1. The minimum Gasteiger partial charge on any atom is -0.299 e. The van der Waals surface area contributed by atoms with Gasteiger partial charge in [-0.25, -0.2) is 0 Å². The molecule has 1 saturated carbocycles. The third-order valence-electron chi connectivity index (χ3n) is 3.39. The highest BCUT2D eigenvalue weighted by Gasteiger charge is 2.19. The minimum atomic E-state index is 0.415.